The van der Waals surface area contributed by atoms with E-state index in [-0.39, 0.29) is 5.75 Å². The Morgan fingerprint density at radius 1 is 1.10 bits per heavy atom. The van der Waals surface area contributed by atoms with Crippen LogP contribution >= 0.6 is 12.1 Å². The molecule has 0 radical (unpaired) electrons. The van der Waals surface area contributed by atoms with Gasteiger partial charge in [-0.2, -0.15) is 0 Å². The summed E-state index contributed by atoms with van der Waals surface area (Å²) in [6.07, 6.45) is 0.884. The number of aryl methyl sites for hydroxylation is 1. The molecule has 0 bridgehead atoms. The number of anilines is 1. The number of amides is 2. The van der Waals surface area contributed by atoms with Crippen molar-refractivity contribution in [1.29, 1.82) is 0 Å². The Balaban J connectivity index is 1.26. The van der Waals surface area contributed by atoms with Gasteiger partial charge in [0.25, 0.3) is 0 Å². The Labute approximate surface area is 225 Å². The molecule has 0 aliphatic carbocycles. The van der Waals surface area contributed by atoms with Gasteiger partial charge in [-0.25, -0.2) is 19.2 Å². The number of ether oxygens (including phenoxy) is 1. The molecule has 198 valence electrons. The molecule has 2 N–H and O–H groups in total. The van der Waals surface area contributed by atoms with E-state index in [2.05, 4.69) is 29.1 Å². The fourth-order valence-corrected chi connectivity index (χ4v) is 4.41. The van der Waals surface area contributed by atoms with Crippen molar-refractivity contribution < 1.29 is 22.7 Å². The van der Waals surface area contributed by atoms with Crippen LogP contribution in [-0.4, -0.2) is 33.1 Å². The number of alkyl halides is 3. The van der Waals surface area contributed by atoms with Crippen LogP contribution in [0.15, 0.2) is 83.7 Å². The summed E-state index contributed by atoms with van der Waals surface area (Å²) in [6.45, 7) is 1.98. The zero-order valence-electron chi connectivity index (χ0n) is 20.4. The molecule has 0 unspecified atom stereocenters. The fraction of sp³-hybridized carbons (Fsp3) is 0.111. The molecule has 8 nitrogen and oxygen atoms in total. The molecule has 5 rings (SSSR count). The number of benzene rings is 3. The van der Waals surface area contributed by atoms with Crippen LogP contribution in [0, 0.1) is 0 Å². The van der Waals surface area contributed by atoms with E-state index in [0.717, 1.165) is 51.5 Å². The molecule has 39 heavy (non-hydrogen) atoms. The Kier molecular flexibility index (Phi) is 7.37. The Morgan fingerprint density at radius 3 is 2.69 bits per heavy atom. The molecular weight excluding hydrogens is 529 g/mol. The van der Waals surface area contributed by atoms with Crippen molar-refractivity contribution >= 4 is 52.0 Å². The lowest BCUT2D eigenvalue weighted by atomic mass is 10.1. The second kappa shape index (κ2) is 11.0. The molecule has 0 fully saturated rings. The van der Waals surface area contributed by atoms with E-state index in [4.69, 9.17) is 0 Å². The van der Waals surface area contributed by atoms with Gasteiger partial charge in [0.15, 0.2) is 0 Å². The maximum absolute atomic E-state index is 12.4. The highest BCUT2D eigenvalue weighted by Gasteiger charge is 2.31. The van der Waals surface area contributed by atoms with Gasteiger partial charge in [0.05, 0.1) is 23.2 Å². The highest BCUT2D eigenvalue weighted by Crippen LogP contribution is 2.29. The third-order valence-electron chi connectivity index (χ3n) is 5.80. The largest absolute Gasteiger partial charge is 0.573 e. The predicted molar refractivity (Wildman–Crippen MR) is 146 cm³/mol. The molecule has 0 aliphatic rings. The van der Waals surface area contributed by atoms with E-state index >= 15 is 0 Å². The quantitative estimate of drug-likeness (QED) is 0.171. The summed E-state index contributed by atoms with van der Waals surface area (Å²) in [4.78, 5) is 20.9. The number of halogens is 3. The first-order valence-corrected chi connectivity index (χ1v) is 12.5. The summed E-state index contributed by atoms with van der Waals surface area (Å²) in [5.74, 6) is 0.223. The van der Waals surface area contributed by atoms with E-state index in [0.29, 0.717) is 11.5 Å². The summed E-state index contributed by atoms with van der Waals surface area (Å²) < 4.78 is 49.9. The number of rotatable bonds is 7. The monoisotopic (exact) mass is 550 g/mol. The van der Waals surface area contributed by atoms with Crippen LogP contribution in [-0.2, 0) is 6.42 Å². The van der Waals surface area contributed by atoms with E-state index < -0.39 is 12.4 Å². The van der Waals surface area contributed by atoms with Crippen LogP contribution in [0.1, 0.15) is 18.1 Å². The molecule has 2 aromatic heterocycles. The average molecular weight is 551 g/mol. The van der Waals surface area contributed by atoms with Crippen molar-refractivity contribution in [2.75, 3.05) is 5.32 Å². The van der Waals surface area contributed by atoms with Gasteiger partial charge in [-0.3, -0.25) is 14.6 Å². The van der Waals surface area contributed by atoms with Crippen molar-refractivity contribution in [2.45, 2.75) is 19.7 Å². The number of carbonyl (C=O) groups is 1. The first kappa shape index (κ1) is 26.0. The third-order valence-corrected chi connectivity index (χ3v) is 6.29. The summed E-state index contributed by atoms with van der Waals surface area (Å²) in [5.41, 5.74) is 3.97. The highest BCUT2D eigenvalue weighted by molar-refractivity contribution is 7.96. The van der Waals surface area contributed by atoms with Crippen LogP contribution in [0.25, 0.3) is 27.5 Å². The lowest BCUT2D eigenvalue weighted by Gasteiger charge is -2.10. The number of nitrogens with zero attached hydrogens (tertiary/aromatic N) is 4. The summed E-state index contributed by atoms with van der Waals surface area (Å²) in [7, 11) is 0. The van der Waals surface area contributed by atoms with Gasteiger partial charge < -0.3 is 4.74 Å². The SMILES string of the molecule is CCc1cccnc1NC(=O)NSN=Cc1ccc2c(ccc3c2ncn3-c2ccc(OC(F)(F)F)cc2)c1. The molecule has 0 aliphatic heterocycles. The van der Waals surface area contributed by atoms with Crippen molar-refractivity contribution in [3.8, 4) is 11.4 Å². The Morgan fingerprint density at radius 2 is 1.92 bits per heavy atom. The molecule has 3 aromatic carbocycles. The molecule has 0 atom stereocenters. The van der Waals surface area contributed by atoms with Crippen LogP contribution in [0.4, 0.5) is 23.8 Å². The Hall–Kier alpha value is -4.58. The molecule has 5 aromatic rings. The molecule has 2 amide bonds. The lowest BCUT2D eigenvalue weighted by molar-refractivity contribution is -0.274. The van der Waals surface area contributed by atoms with Crippen molar-refractivity contribution in [1.82, 2.24) is 19.3 Å². The fourth-order valence-electron chi connectivity index (χ4n) is 4.05. The topological polar surface area (TPSA) is 93.4 Å². The maximum Gasteiger partial charge on any atom is 0.573 e. The second-order valence-electron chi connectivity index (χ2n) is 8.32. The number of pyridine rings is 1. The summed E-state index contributed by atoms with van der Waals surface area (Å²) in [6, 6.07) is 18.5. The van der Waals surface area contributed by atoms with Crippen LogP contribution in [0.2, 0.25) is 0 Å². The number of fused-ring (bicyclic) bond motifs is 3. The number of hydrogen-bond acceptors (Lipinski definition) is 6. The van der Waals surface area contributed by atoms with Gasteiger partial charge >= 0.3 is 12.4 Å². The van der Waals surface area contributed by atoms with Gasteiger partial charge in [-0.1, -0.05) is 31.2 Å². The van der Waals surface area contributed by atoms with Gasteiger partial charge in [0, 0.05) is 23.5 Å². The first-order chi connectivity index (χ1) is 18.8. The highest BCUT2D eigenvalue weighted by atomic mass is 32.2. The van der Waals surface area contributed by atoms with E-state index in [1.54, 1.807) is 23.3 Å². The van der Waals surface area contributed by atoms with Gasteiger partial charge in [-0.15, -0.1) is 13.2 Å². The number of aromatic nitrogens is 3. The predicted octanol–water partition coefficient (Wildman–Crippen LogP) is 6.84. The zero-order valence-corrected chi connectivity index (χ0v) is 21.3. The minimum absolute atomic E-state index is 0.289. The average Bonchev–Trinajstić information content (AvgIpc) is 3.35. The minimum Gasteiger partial charge on any atom is -0.406 e. The van der Waals surface area contributed by atoms with Gasteiger partial charge in [0.2, 0.25) is 0 Å². The summed E-state index contributed by atoms with van der Waals surface area (Å²) >= 11 is 0.894. The number of imidazole rings is 1. The van der Waals surface area contributed by atoms with Crippen molar-refractivity contribution in [3.05, 3.63) is 90.4 Å². The smallest absolute Gasteiger partial charge is 0.406 e. The van der Waals surface area contributed by atoms with E-state index in [9.17, 15) is 18.0 Å². The number of nitrogens with one attached hydrogen (secondary N) is 2. The number of carbonyl (C=O) groups excluding carboxylic acids is 1. The molecular formula is C27H21F3N6O2S. The van der Waals surface area contributed by atoms with Crippen molar-refractivity contribution in [2.24, 2.45) is 4.40 Å². The van der Waals surface area contributed by atoms with Crippen LogP contribution in [0.3, 0.4) is 0 Å². The normalized spacial score (nSPS) is 11.8. The summed E-state index contributed by atoms with van der Waals surface area (Å²) in [5, 5.41) is 4.55. The van der Waals surface area contributed by atoms with E-state index in [1.807, 2.05) is 49.4 Å². The van der Waals surface area contributed by atoms with E-state index in [1.165, 1.54) is 24.3 Å². The van der Waals surface area contributed by atoms with Gasteiger partial charge in [0.1, 0.15) is 17.9 Å². The molecule has 0 saturated carbocycles. The van der Waals surface area contributed by atoms with Crippen LogP contribution in [0.5, 0.6) is 5.75 Å². The number of hydrogen-bond donors (Lipinski definition) is 2. The molecule has 2 heterocycles. The lowest BCUT2D eigenvalue weighted by Crippen LogP contribution is -2.23. The molecule has 12 heteroatoms. The van der Waals surface area contributed by atoms with Gasteiger partial charge in [-0.05, 0) is 65.4 Å². The Bertz CT molecular complexity index is 1670. The standard InChI is InChI=1S/C27H21F3N6O2S/c1-2-18-4-3-13-31-25(18)34-26(37)35-39-33-15-17-5-11-22-19(14-17)6-12-23-24(22)32-16-36(23)20-7-9-21(10-8-20)38-27(28,29)30/h3-16H,2H2,1H3,(H2,31,34,35,37). The zero-order chi connectivity index (χ0) is 27.4. The van der Waals surface area contributed by atoms with Crippen LogP contribution < -0.4 is 14.8 Å². The minimum atomic E-state index is -4.74. The number of urea groups is 1. The maximum atomic E-state index is 12.4. The third kappa shape index (κ3) is 6.12. The second-order valence-corrected chi connectivity index (χ2v) is 8.91. The molecule has 0 saturated heterocycles. The first-order valence-electron chi connectivity index (χ1n) is 11.8. The van der Waals surface area contributed by atoms with Crippen molar-refractivity contribution in [3.63, 3.8) is 0 Å². The molecule has 0 spiro atoms.